The second-order valence-corrected chi connectivity index (χ2v) is 13.8. The van der Waals surface area contributed by atoms with Crippen LogP contribution >= 0.6 is 0 Å². The van der Waals surface area contributed by atoms with Crippen LogP contribution in [0.1, 0.15) is 85.1 Å². The quantitative estimate of drug-likeness (QED) is 0.198. The van der Waals surface area contributed by atoms with E-state index in [0.29, 0.717) is 0 Å². The minimum absolute atomic E-state index is 0.0647. The molecule has 0 saturated carbocycles. The number of aromatic hydroxyl groups is 1. The van der Waals surface area contributed by atoms with Crippen molar-refractivity contribution in [2.75, 3.05) is 7.11 Å². The lowest BCUT2D eigenvalue weighted by Crippen LogP contribution is -2.46. The number of rotatable bonds is 3. The number of aliphatic hydroxyl groups excluding tert-OH is 2. The molecule has 3 aliphatic heterocycles. The predicted octanol–water partition coefficient (Wildman–Crippen LogP) is 3.23. The number of allylic oxidation sites excluding steroid dienone is 4. The molecule has 0 spiro atoms. The SMILES string of the molecule is COC1/C=C/OC2(C)Oc3c(C)c(O)c4c(c3C2=O)C(=O)C([N+](=O)[O-])=C(NC(=O)/C(C)=C\C=C/C(C)C(O)C(C)C(O)C(C)C(OC(C)=O)C1C)C4=O. The molecule has 0 radical (unpaired) electrons. The zero-order valence-corrected chi connectivity index (χ0v) is 30.8. The van der Waals surface area contributed by atoms with Crippen molar-refractivity contribution in [2.45, 2.75) is 85.6 Å². The molecule has 4 aliphatic rings. The number of methoxy groups -OCH3 is 1. The maximum atomic E-state index is 14.0. The molecule has 0 fully saturated rings. The third-order valence-corrected chi connectivity index (χ3v) is 10.1. The van der Waals surface area contributed by atoms with Crippen LogP contribution in [-0.2, 0) is 23.8 Å². The Morgan fingerprint density at radius 1 is 0.962 bits per heavy atom. The summed E-state index contributed by atoms with van der Waals surface area (Å²) in [7, 11) is 1.37. The number of carbonyl (C=O) groups excluding carboxylic acids is 5. The Morgan fingerprint density at radius 3 is 2.19 bits per heavy atom. The number of nitro groups is 1. The summed E-state index contributed by atoms with van der Waals surface area (Å²) < 4.78 is 22.9. The van der Waals surface area contributed by atoms with Crippen molar-refractivity contribution in [1.82, 2.24) is 5.32 Å². The predicted molar refractivity (Wildman–Crippen MR) is 185 cm³/mol. The minimum Gasteiger partial charge on any atom is -0.507 e. The van der Waals surface area contributed by atoms with E-state index in [1.165, 1.54) is 53.0 Å². The highest BCUT2D eigenvalue weighted by Gasteiger charge is 2.54. The van der Waals surface area contributed by atoms with Gasteiger partial charge in [-0.15, -0.1) is 0 Å². The van der Waals surface area contributed by atoms with Crippen molar-refractivity contribution >= 4 is 29.2 Å². The summed E-state index contributed by atoms with van der Waals surface area (Å²) in [5.41, 5.74) is -4.63. The highest BCUT2D eigenvalue weighted by molar-refractivity contribution is 6.32. The Labute approximate surface area is 305 Å². The zero-order valence-electron chi connectivity index (χ0n) is 30.8. The van der Waals surface area contributed by atoms with Gasteiger partial charge in [-0.05, 0) is 19.9 Å². The van der Waals surface area contributed by atoms with Gasteiger partial charge in [-0.1, -0.05) is 45.9 Å². The van der Waals surface area contributed by atoms with Crippen LogP contribution in [0.25, 0.3) is 0 Å². The Kier molecular flexibility index (Phi) is 11.8. The van der Waals surface area contributed by atoms with Crippen molar-refractivity contribution < 1.29 is 63.2 Å². The molecule has 4 N–H and O–H groups in total. The number of Topliss-reactive ketones (excluding diaryl/α,β-unsaturated/α-hetero) is 3. The number of fused-ring (bicyclic) bond motifs is 14. The van der Waals surface area contributed by atoms with Crippen LogP contribution < -0.4 is 10.1 Å². The third-order valence-electron chi connectivity index (χ3n) is 10.1. The van der Waals surface area contributed by atoms with Crippen LogP contribution in [0.3, 0.4) is 0 Å². The van der Waals surface area contributed by atoms with Crippen molar-refractivity contribution in [3.63, 3.8) is 0 Å². The average molecular weight is 741 g/mol. The lowest BCUT2D eigenvalue weighted by Gasteiger charge is -2.38. The molecular weight excluding hydrogens is 696 g/mol. The van der Waals surface area contributed by atoms with Crippen molar-refractivity contribution in [3.05, 3.63) is 79.9 Å². The van der Waals surface area contributed by atoms with Gasteiger partial charge in [0.25, 0.3) is 17.5 Å². The van der Waals surface area contributed by atoms with Crippen molar-refractivity contribution in [3.8, 4) is 11.5 Å². The zero-order chi connectivity index (χ0) is 39.9. The number of esters is 1. The van der Waals surface area contributed by atoms with Crippen LogP contribution in [-0.4, -0.2) is 86.8 Å². The molecule has 16 nitrogen and oxygen atoms in total. The monoisotopic (exact) mass is 740 g/mol. The number of amides is 1. The van der Waals surface area contributed by atoms with E-state index in [0.717, 1.165) is 6.26 Å². The fourth-order valence-electron chi connectivity index (χ4n) is 6.85. The molecule has 286 valence electrons. The molecule has 0 saturated heterocycles. The molecule has 1 aromatic rings. The summed E-state index contributed by atoms with van der Waals surface area (Å²) in [4.78, 5) is 78.2. The first-order chi connectivity index (χ1) is 24.7. The topological polar surface area (TPSA) is 238 Å². The van der Waals surface area contributed by atoms with Gasteiger partial charge in [0.05, 0.1) is 46.2 Å². The number of carbonyl (C=O) groups is 5. The molecule has 5 bridgehead atoms. The van der Waals surface area contributed by atoms with Gasteiger partial charge in [-0.3, -0.25) is 34.1 Å². The first-order valence-electron chi connectivity index (χ1n) is 16.9. The summed E-state index contributed by atoms with van der Waals surface area (Å²) >= 11 is 0. The molecular formula is C37H44N2O14. The van der Waals surface area contributed by atoms with E-state index in [9.17, 15) is 49.4 Å². The molecule has 9 unspecified atom stereocenters. The Hall–Kier alpha value is -5.19. The van der Waals surface area contributed by atoms with E-state index in [1.807, 2.05) is 0 Å². The lowest BCUT2D eigenvalue weighted by molar-refractivity contribution is -0.417. The fraction of sp³-hybridized carbons (Fsp3) is 0.486. The van der Waals surface area contributed by atoms with Crippen molar-refractivity contribution in [1.29, 1.82) is 0 Å². The number of nitrogens with zero attached hydrogens (tertiary/aromatic N) is 1. The van der Waals surface area contributed by atoms with Gasteiger partial charge in [0.2, 0.25) is 5.78 Å². The molecule has 1 amide bonds. The molecule has 0 aromatic heterocycles. The van der Waals surface area contributed by atoms with Crippen LogP contribution in [0.5, 0.6) is 11.5 Å². The second kappa shape index (κ2) is 15.4. The Morgan fingerprint density at radius 2 is 1.60 bits per heavy atom. The number of phenols is 1. The van der Waals surface area contributed by atoms with E-state index in [-0.39, 0.29) is 16.9 Å². The smallest absolute Gasteiger partial charge is 0.344 e. The third kappa shape index (κ3) is 7.39. The van der Waals surface area contributed by atoms with E-state index in [2.05, 4.69) is 5.32 Å². The molecule has 9 atom stereocenters. The summed E-state index contributed by atoms with van der Waals surface area (Å²) in [5.74, 6) is -11.5. The van der Waals surface area contributed by atoms with Crippen molar-refractivity contribution in [2.24, 2.45) is 23.7 Å². The minimum atomic E-state index is -2.22. The van der Waals surface area contributed by atoms with Gasteiger partial charge in [0.15, 0.2) is 5.70 Å². The first-order valence-corrected chi connectivity index (χ1v) is 16.9. The molecule has 53 heavy (non-hydrogen) atoms. The highest BCUT2D eigenvalue weighted by atomic mass is 16.7. The van der Waals surface area contributed by atoms with Gasteiger partial charge < -0.3 is 39.6 Å². The summed E-state index contributed by atoms with van der Waals surface area (Å²) in [6.45, 7) is 11.7. The molecule has 1 aromatic carbocycles. The maximum absolute atomic E-state index is 14.0. The number of phenolic OH excluding ortho intramolecular Hbond substituents is 1. The summed E-state index contributed by atoms with van der Waals surface area (Å²) in [6, 6.07) is 0. The first kappa shape index (κ1) is 40.6. The lowest BCUT2D eigenvalue weighted by atomic mass is 9.78. The van der Waals surface area contributed by atoms with E-state index in [4.69, 9.17) is 18.9 Å². The number of hydrogen-bond donors (Lipinski definition) is 4. The molecule has 5 rings (SSSR count). The van der Waals surface area contributed by atoms with E-state index >= 15 is 0 Å². The highest BCUT2D eigenvalue weighted by Crippen LogP contribution is 2.48. The summed E-state index contributed by atoms with van der Waals surface area (Å²) in [6.07, 6.45) is 2.61. The van der Waals surface area contributed by atoms with Gasteiger partial charge in [0.1, 0.15) is 17.6 Å². The van der Waals surface area contributed by atoms with Crippen LogP contribution in [0.4, 0.5) is 0 Å². The molecule has 3 heterocycles. The summed E-state index contributed by atoms with van der Waals surface area (Å²) in [5, 5.41) is 48.1. The van der Waals surface area contributed by atoms with Gasteiger partial charge >= 0.3 is 17.5 Å². The number of ether oxygens (including phenoxy) is 4. The number of aliphatic hydroxyl groups is 2. The normalized spacial score (nSPS) is 33.3. The number of ketones is 3. The van der Waals surface area contributed by atoms with Crippen LogP contribution in [0, 0.1) is 40.7 Å². The number of benzene rings is 1. The maximum Gasteiger partial charge on any atom is 0.344 e. The number of hydrogen-bond acceptors (Lipinski definition) is 14. The largest absolute Gasteiger partial charge is 0.507 e. The molecule has 1 aliphatic carbocycles. The molecule has 16 heteroatoms. The number of nitrogens with one attached hydrogen (secondary N) is 1. The van der Waals surface area contributed by atoms with Crippen LogP contribution in [0.15, 0.2) is 47.5 Å². The average Bonchev–Trinajstić information content (AvgIpc) is 3.36. The van der Waals surface area contributed by atoms with E-state index in [1.54, 1.807) is 33.8 Å². The van der Waals surface area contributed by atoms with E-state index < -0.39 is 122 Å². The standard InChI is InChI=1S/C37H44N2O14/c1-15-11-10-12-16(2)36(47)38-26-27(39(48)49)32(45)23-24(31(26)44)30(43)20(6)34-25(23)35(46)37(8,53-34)51-14-13-22(50-9)17(3)33(52-21(7)40)19(5)29(42)18(4)28(15)41/h10-15,17-19,22,28-29,33,41-43H,1-9H3,(H,38,47)/b11-10-,14-13+,16-12-. The Balaban J connectivity index is 1.91. The van der Waals surface area contributed by atoms with Gasteiger partial charge in [-0.2, -0.15) is 0 Å². The Bertz CT molecular complexity index is 1880. The van der Waals surface area contributed by atoms with Gasteiger partial charge in [0, 0.05) is 55.8 Å². The second-order valence-electron chi connectivity index (χ2n) is 13.8. The van der Waals surface area contributed by atoms with Crippen LogP contribution in [0.2, 0.25) is 0 Å². The fourth-order valence-corrected chi connectivity index (χ4v) is 6.85. The van der Waals surface area contributed by atoms with Gasteiger partial charge in [-0.25, -0.2) is 0 Å².